The Hall–Kier alpha value is -1.93. The molecule has 0 aliphatic carbocycles. The maximum atomic E-state index is 9.80. The molecule has 0 fully saturated rings. The van der Waals surface area contributed by atoms with Crippen molar-refractivity contribution in [2.75, 3.05) is 11.9 Å². The third-order valence-electron chi connectivity index (χ3n) is 4.97. The van der Waals surface area contributed by atoms with E-state index < -0.39 is 5.41 Å². The van der Waals surface area contributed by atoms with Crippen LogP contribution < -0.4 is 5.32 Å². The zero-order valence-corrected chi connectivity index (χ0v) is 17.2. The first-order valence-corrected chi connectivity index (χ1v) is 9.80. The fraction of sp³-hybridized carbons (Fsp3) is 0.300. The number of nitrogens with one attached hydrogen (secondary N) is 1. The largest absolute Gasteiger partial charge is 0.356 e. The second kappa shape index (κ2) is 6.60. The van der Waals surface area contributed by atoms with Crippen molar-refractivity contribution in [3.63, 3.8) is 0 Å². The summed E-state index contributed by atoms with van der Waals surface area (Å²) in [7, 11) is 0. The van der Waals surface area contributed by atoms with Gasteiger partial charge in [-0.25, -0.2) is 4.98 Å². The normalized spacial score (nSPS) is 13.9. The summed E-state index contributed by atoms with van der Waals surface area (Å²) < 4.78 is 2.12. The van der Waals surface area contributed by atoms with E-state index in [-0.39, 0.29) is 0 Å². The van der Waals surface area contributed by atoms with Gasteiger partial charge in [0.2, 0.25) is 5.95 Å². The van der Waals surface area contributed by atoms with Gasteiger partial charge in [-0.05, 0) is 44.0 Å². The summed E-state index contributed by atoms with van der Waals surface area (Å²) in [6.45, 7) is 5.51. The van der Waals surface area contributed by atoms with Crippen LogP contribution in [0.3, 0.4) is 0 Å². The highest BCUT2D eigenvalue weighted by molar-refractivity contribution is 6.40. The van der Waals surface area contributed by atoms with E-state index in [1.807, 2.05) is 26.0 Å². The Balaban J connectivity index is 2.11. The van der Waals surface area contributed by atoms with E-state index in [9.17, 15) is 5.26 Å². The molecule has 0 saturated carbocycles. The van der Waals surface area contributed by atoms with Crippen molar-refractivity contribution >= 4 is 51.8 Å². The smallest absolute Gasteiger partial charge is 0.203 e. The number of anilines is 1. The summed E-state index contributed by atoms with van der Waals surface area (Å²) in [4.78, 5) is 4.74. The molecule has 138 valence electrons. The van der Waals surface area contributed by atoms with Gasteiger partial charge in [0.1, 0.15) is 5.52 Å². The Morgan fingerprint density at radius 1 is 1.19 bits per heavy atom. The molecule has 4 rings (SSSR count). The van der Waals surface area contributed by atoms with E-state index in [1.165, 1.54) is 0 Å². The van der Waals surface area contributed by atoms with Crippen LogP contribution in [-0.4, -0.2) is 16.1 Å². The molecular formula is C20H17Cl3N4. The lowest BCUT2D eigenvalue weighted by molar-refractivity contribution is 0.630. The van der Waals surface area contributed by atoms with Crippen LogP contribution in [0.15, 0.2) is 24.3 Å². The van der Waals surface area contributed by atoms with Gasteiger partial charge in [-0.1, -0.05) is 40.9 Å². The topological polar surface area (TPSA) is 53.6 Å². The second-order valence-electron chi connectivity index (χ2n) is 7.21. The number of hydrogen-bond donors (Lipinski definition) is 1. The van der Waals surface area contributed by atoms with Gasteiger partial charge in [0.05, 0.1) is 22.0 Å². The maximum absolute atomic E-state index is 9.80. The Morgan fingerprint density at radius 3 is 2.67 bits per heavy atom. The number of benzene rings is 2. The molecule has 1 aromatic heterocycles. The SMILES string of the molecule is CC(C)(C#N)c1cc(-c2ccc(Cl)cc2Cl)c(Cl)c2nc3n(c12)CCCN3. The molecule has 0 spiro atoms. The summed E-state index contributed by atoms with van der Waals surface area (Å²) >= 11 is 19.3. The van der Waals surface area contributed by atoms with E-state index in [0.29, 0.717) is 20.6 Å². The molecule has 2 aromatic carbocycles. The summed E-state index contributed by atoms with van der Waals surface area (Å²) in [5.74, 6) is 0.785. The average Bonchev–Trinajstić information content (AvgIpc) is 3.03. The summed E-state index contributed by atoms with van der Waals surface area (Å²) in [5, 5.41) is 14.7. The van der Waals surface area contributed by atoms with Crippen LogP contribution in [0.25, 0.3) is 22.2 Å². The first-order chi connectivity index (χ1) is 12.8. The van der Waals surface area contributed by atoms with E-state index in [1.54, 1.807) is 12.1 Å². The van der Waals surface area contributed by atoms with Crippen LogP contribution >= 0.6 is 34.8 Å². The van der Waals surface area contributed by atoms with Crippen LogP contribution in [-0.2, 0) is 12.0 Å². The van der Waals surface area contributed by atoms with Gasteiger partial charge in [0, 0.05) is 34.3 Å². The number of aryl methyl sites for hydroxylation is 1. The van der Waals surface area contributed by atoms with Crippen LogP contribution in [0.4, 0.5) is 5.95 Å². The van der Waals surface area contributed by atoms with Crippen molar-refractivity contribution in [1.29, 1.82) is 5.26 Å². The molecule has 7 heteroatoms. The monoisotopic (exact) mass is 418 g/mol. The Bertz CT molecular complexity index is 1110. The van der Waals surface area contributed by atoms with Crippen molar-refractivity contribution in [1.82, 2.24) is 9.55 Å². The van der Waals surface area contributed by atoms with Gasteiger partial charge in [0.25, 0.3) is 0 Å². The van der Waals surface area contributed by atoms with E-state index in [2.05, 4.69) is 16.0 Å². The maximum Gasteiger partial charge on any atom is 0.203 e. The van der Waals surface area contributed by atoms with E-state index in [4.69, 9.17) is 39.8 Å². The quantitative estimate of drug-likeness (QED) is 0.532. The van der Waals surface area contributed by atoms with Crippen LogP contribution in [0.1, 0.15) is 25.8 Å². The van der Waals surface area contributed by atoms with E-state index in [0.717, 1.165) is 47.7 Å². The molecule has 3 aromatic rings. The van der Waals surface area contributed by atoms with Gasteiger partial charge < -0.3 is 9.88 Å². The highest BCUT2D eigenvalue weighted by atomic mass is 35.5. The molecule has 4 nitrogen and oxygen atoms in total. The minimum Gasteiger partial charge on any atom is -0.356 e. The second-order valence-corrected chi connectivity index (χ2v) is 8.43. The molecular weight excluding hydrogens is 403 g/mol. The molecule has 2 heterocycles. The number of nitrogens with zero attached hydrogens (tertiary/aromatic N) is 3. The van der Waals surface area contributed by atoms with Crippen LogP contribution in [0, 0.1) is 11.3 Å². The number of halogens is 3. The van der Waals surface area contributed by atoms with Crippen molar-refractivity contribution in [2.45, 2.75) is 32.2 Å². The molecule has 1 N–H and O–H groups in total. The summed E-state index contributed by atoms with van der Waals surface area (Å²) in [6.07, 6.45) is 0.993. The zero-order chi connectivity index (χ0) is 19.3. The molecule has 0 atom stereocenters. The highest BCUT2D eigenvalue weighted by Gasteiger charge is 2.30. The number of aromatic nitrogens is 2. The fourth-order valence-corrected chi connectivity index (χ4v) is 4.31. The van der Waals surface area contributed by atoms with Gasteiger partial charge >= 0.3 is 0 Å². The molecule has 27 heavy (non-hydrogen) atoms. The number of hydrogen-bond acceptors (Lipinski definition) is 3. The highest BCUT2D eigenvalue weighted by Crippen LogP contribution is 2.44. The van der Waals surface area contributed by atoms with Crippen molar-refractivity contribution < 1.29 is 0 Å². The molecule has 1 aliphatic heterocycles. The lowest BCUT2D eigenvalue weighted by Crippen LogP contribution is -2.20. The van der Waals surface area contributed by atoms with Crippen molar-refractivity contribution in [3.05, 3.63) is 44.9 Å². The lowest BCUT2D eigenvalue weighted by Gasteiger charge is -2.23. The predicted octanol–water partition coefficient (Wildman–Crippen LogP) is 6.28. The van der Waals surface area contributed by atoms with Gasteiger partial charge in [-0.15, -0.1) is 0 Å². The Morgan fingerprint density at radius 2 is 1.96 bits per heavy atom. The summed E-state index contributed by atoms with van der Waals surface area (Å²) in [6, 6.07) is 9.68. The molecule has 1 aliphatic rings. The molecule has 0 saturated heterocycles. The first-order valence-electron chi connectivity index (χ1n) is 8.67. The zero-order valence-electron chi connectivity index (χ0n) is 14.9. The lowest BCUT2D eigenvalue weighted by atomic mass is 9.83. The first kappa shape index (κ1) is 18.4. The van der Waals surface area contributed by atoms with E-state index >= 15 is 0 Å². The van der Waals surface area contributed by atoms with Crippen LogP contribution in [0.5, 0.6) is 0 Å². The number of fused-ring (bicyclic) bond motifs is 3. The standard InChI is InChI=1S/C20H17Cl3N4/c1-20(2,10-24)14-9-13(12-5-4-11(21)8-15(12)22)16(23)17-18(14)27-7-3-6-25-19(27)26-17/h4-5,8-9H,3,6-7H2,1-2H3,(H,25,26). The molecule has 0 amide bonds. The number of rotatable bonds is 2. The van der Waals surface area contributed by atoms with Crippen molar-refractivity contribution in [2.24, 2.45) is 0 Å². The Kier molecular flexibility index (Phi) is 4.50. The molecule has 0 unspecified atom stereocenters. The third kappa shape index (κ3) is 2.95. The van der Waals surface area contributed by atoms with Gasteiger partial charge in [-0.2, -0.15) is 5.26 Å². The average molecular weight is 420 g/mol. The number of imidazole rings is 1. The third-order valence-corrected chi connectivity index (χ3v) is 5.90. The van der Waals surface area contributed by atoms with Gasteiger partial charge in [-0.3, -0.25) is 0 Å². The number of nitriles is 1. The van der Waals surface area contributed by atoms with Crippen LogP contribution in [0.2, 0.25) is 15.1 Å². The summed E-state index contributed by atoms with van der Waals surface area (Å²) in [5.41, 5.74) is 3.27. The van der Waals surface area contributed by atoms with Gasteiger partial charge in [0.15, 0.2) is 0 Å². The fourth-order valence-electron chi connectivity index (χ4n) is 3.51. The Labute approximate surface area is 172 Å². The minimum absolute atomic E-state index is 0.506. The molecule has 0 bridgehead atoms. The molecule has 0 radical (unpaired) electrons. The predicted molar refractivity (Wildman–Crippen MR) is 112 cm³/mol. The minimum atomic E-state index is -0.718. The van der Waals surface area contributed by atoms with Crippen molar-refractivity contribution in [3.8, 4) is 17.2 Å².